The Balaban J connectivity index is 1.85. The van der Waals surface area contributed by atoms with Gasteiger partial charge < -0.3 is 9.84 Å². The molecule has 0 aromatic carbocycles. The van der Waals surface area contributed by atoms with Crippen LogP contribution in [0.3, 0.4) is 0 Å². The van der Waals surface area contributed by atoms with Gasteiger partial charge in [-0.15, -0.1) is 0 Å². The van der Waals surface area contributed by atoms with Gasteiger partial charge >= 0.3 is 0 Å². The van der Waals surface area contributed by atoms with E-state index in [2.05, 4.69) is 35.4 Å². The van der Waals surface area contributed by atoms with Crippen LogP contribution in [0.5, 0.6) is 0 Å². The Morgan fingerprint density at radius 3 is 3.06 bits per heavy atom. The first-order valence-electron chi connectivity index (χ1n) is 4.67. The number of hydrogen-bond donors (Lipinski definition) is 3. The zero-order chi connectivity index (χ0) is 11.2. The lowest BCUT2D eigenvalue weighted by Gasteiger charge is -2.04. The molecule has 2 aromatic rings. The van der Waals surface area contributed by atoms with Gasteiger partial charge in [0, 0.05) is 19.2 Å². The van der Waals surface area contributed by atoms with Crippen molar-refractivity contribution >= 4 is 11.8 Å². The number of hydrogen-bond acceptors (Lipinski definition) is 8. The smallest absolute Gasteiger partial charge is 0.239 e. The van der Waals surface area contributed by atoms with Gasteiger partial charge in [-0.3, -0.25) is 5.43 Å². The second-order valence-electron chi connectivity index (χ2n) is 2.93. The number of nitrogen functional groups attached to an aromatic ring is 1. The highest BCUT2D eigenvalue weighted by Gasteiger charge is 1.99. The first kappa shape index (κ1) is 10.3. The summed E-state index contributed by atoms with van der Waals surface area (Å²) in [4.78, 5) is 11.9. The first-order valence-corrected chi connectivity index (χ1v) is 4.67. The Morgan fingerprint density at radius 2 is 2.31 bits per heavy atom. The van der Waals surface area contributed by atoms with Gasteiger partial charge in [-0.25, -0.2) is 10.8 Å². The number of hydrazine groups is 1. The van der Waals surface area contributed by atoms with Crippen LogP contribution in [0.15, 0.2) is 23.2 Å². The monoisotopic (exact) mass is 221 g/mol. The molecule has 2 rings (SSSR count). The van der Waals surface area contributed by atoms with E-state index in [9.17, 15) is 0 Å². The summed E-state index contributed by atoms with van der Waals surface area (Å²) in [5, 5.41) is 6.78. The van der Waals surface area contributed by atoms with Gasteiger partial charge in [-0.2, -0.15) is 9.97 Å². The molecule has 0 unspecified atom stereocenters. The lowest BCUT2D eigenvalue weighted by Crippen LogP contribution is -2.12. The molecule has 8 nitrogen and oxygen atoms in total. The van der Waals surface area contributed by atoms with Crippen molar-refractivity contribution in [1.29, 1.82) is 0 Å². The minimum Gasteiger partial charge on any atom is -0.369 e. The fourth-order valence-corrected chi connectivity index (χ4v) is 1.13. The van der Waals surface area contributed by atoms with Crippen LogP contribution in [0, 0.1) is 0 Å². The van der Waals surface area contributed by atoms with Crippen molar-refractivity contribution in [2.75, 3.05) is 17.3 Å². The highest BCUT2D eigenvalue weighted by atomic mass is 16.5. The fourth-order valence-electron chi connectivity index (χ4n) is 1.13. The Labute approximate surface area is 91.3 Å². The largest absolute Gasteiger partial charge is 0.369 e. The van der Waals surface area contributed by atoms with E-state index in [1.807, 2.05) is 0 Å². The molecular formula is C8H11N7O. The summed E-state index contributed by atoms with van der Waals surface area (Å²) in [5.74, 6) is 6.89. The summed E-state index contributed by atoms with van der Waals surface area (Å²) < 4.78 is 4.61. The molecule has 0 amide bonds. The van der Waals surface area contributed by atoms with Gasteiger partial charge in [0.2, 0.25) is 12.3 Å². The topological polar surface area (TPSA) is 115 Å². The van der Waals surface area contributed by atoms with Crippen molar-refractivity contribution in [3.63, 3.8) is 0 Å². The average Bonchev–Trinajstić information content (AvgIpc) is 2.82. The Bertz CT molecular complexity index is 430. The minimum atomic E-state index is 0.365. The third-order valence-electron chi connectivity index (χ3n) is 1.85. The van der Waals surface area contributed by atoms with E-state index in [0.29, 0.717) is 30.6 Å². The second-order valence-corrected chi connectivity index (χ2v) is 2.93. The third-order valence-corrected chi connectivity index (χ3v) is 1.85. The molecule has 0 radical (unpaired) electrons. The zero-order valence-corrected chi connectivity index (χ0v) is 8.42. The summed E-state index contributed by atoms with van der Waals surface area (Å²) in [6, 6.07) is 1.75. The van der Waals surface area contributed by atoms with E-state index >= 15 is 0 Å². The second kappa shape index (κ2) is 5.03. The Hall–Kier alpha value is -2.22. The molecule has 0 bridgehead atoms. The van der Waals surface area contributed by atoms with Crippen molar-refractivity contribution in [3.05, 3.63) is 24.5 Å². The first-order chi connectivity index (χ1) is 7.88. The predicted molar refractivity (Wildman–Crippen MR) is 56.3 cm³/mol. The fraction of sp³-hybridized carbons (Fsp3) is 0.250. The Morgan fingerprint density at radius 1 is 1.38 bits per heavy atom. The number of nitrogens with zero attached hydrogens (tertiary/aromatic N) is 4. The maximum atomic E-state index is 5.19. The van der Waals surface area contributed by atoms with Gasteiger partial charge in [0.15, 0.2) is 5.82 Å². The van der Waals surface area contributed by atoms with Crippen molar-refractivity contribution in [1.82, 2.24) is 20.1 Å². The van der Waals surface area contributed by atoms with Crippen molar-refractivity contribution < 1.29 is 4.52 Å². The predicted octanol–water partition coefficient (Wildman–Crippen LogP) is -0.200. The van der Waals surface area contributed by atoms with Crippen molar-refractivity contribution in [2.24, 2.45) is 5.84 Å². The van der Waals surface area contributed by atoms with Crippen LogP contribution in [-0.2, 0) is 6.42 Å². The maximum Gasteiger partial charge on any atom is 0.239 e. The summed E-state index contributed by atoms with van der Waals surface area (Å²) in [7, 11) is 0. The molecule has 0 aliphatic carbocycles. The van der Waals surface area contributed by atoms with Crippen LogP contribution in [0.2, 0.25) is 0 Å². The van der Waals surface area contributed by atoms with Crippen LogP contribution in [0.1, 0.15) is 5.82 Å². The number of anilines is 2. The van der Waals surface area contributed by atoms with E-state index in [1.54, 1.807) is 12.3 Å². The number of aromatic nitrogens is 4. The van der Waals surface area contributed by atoms with E-state index in [0.717, 1.165) is 0 Å². The van der Waals surface area contributed by atoms with Gasteiger partial charge in [0.05, 0.1) is 0 Å². The zero-order valence-electron chi connectivity index (χ0n) is 8.42. The lowest BCUT2D eigenvalue weighted by atomic mass is 10.4. The SMILES string of the molecule is NNc1nccc(NCCc2ncon2)n1. The molecule has 16 heavy (non-hydrogen) atoms. The van der Waals surface area contributed by atoms with Crippen LogP contribution in [0.25, 0.3) is 0 Å². The number of nitrogens with two attached hydrogens (primary N) is 1. The van der Waals surface area contributed by atoms with Crippen molar-refractivity contribution in [2.45, 2.75) is 6.42 Å². The van der Waals surface area contributed by atoms with E-state index < -0.39 is 0 Å². The van der Waals surface area contributed by atoms with Gasteiger partial charge in [-0.05, 0) is 6.07 Å². The quantitative estimate of drug-likeness (QED) is 0.469. The molecule has 0 aliphatic heterocycles. The summed E-state index contributed by atoms with van der Waals surface area (Å²) in [6.07, 6.45) is 3.57. The third kappa shape index (κ3) is 2.64. The number of nitrogens with one attached hydrogen (secondary N) is 2. The molecule has 2 heterocycles. The molecule has 0 spiro atoms. The molecule has 0 saturated carbocycles. The maximum absolute atomic E-state index is 5.19. The lowest BCUT2D eigenvalue weighted by molar-refractivity contribution is 0.410. The van der Waals surface area contributed by atoms with E-state index in [-0.39, 0.29) is 0 Å². The van der Waals surface area contributed by atoms with Crippen molar-refractivity contribution in [3.8, 4) is 0 Å². The summed E-state index contributed by atoms with van der Waals surface area (Å²) in [6.45, 7) is 0.653. The standard InChI is InChI=1S/C8H11N7O/c9-14-8-11-4-1-6(13-8)10-3-2-7-12-5-16-15-7/h1,4-5H,2-3,9H2,(H2,10,11,13,14). The molecule has 0 atom stereocenters. The van der Waals surface area contributed by atoms with E-state index in [1.165, 1.54) is 6.39 Å². The highest BCUT2D eigenvalue weighted by molar-refractivity contribution is 5.38. The molecular weight excluding hydrogens is 210 g/mol. The van der Waals surface area contributed by atoms with Crippen LogP contribution < -0.4 is 16.6 Å². The summed E-state index contributed by atoms with van der Waals surface area (Å²) >= 11 is 0. The molecule has 0 aliphatic rings. The number of rotatable bonds is 5. The molecule has 4 N–H and O–H groups in total. The average molecular weight is 221 g/mol. The molecule has 0 fully saturated rings. The normalized spacial score (nSPS) is 10.1. The molecule has 2 aromatic heterocycles. The highest BCUT2D eigenvalue weighted by Crippen LogP contribution is 2.04. The van der Waals surface area contributed by atoms with Crippen LogP contribution in [-0.4, -0.2) is 26.7 Å². The van der Waals surface area contributed by atoms with Crippen LogP contribution in [0.4, 0.5) is 11.8 Å². The van der Waals surface area contributed by atoms with Gasteiger partial charge in [0.1, 0.15) is 5.82 Å². The summed E-state index contributed by atoms with van der Waals surface area (Å²) in [5.41, 5.74) is 2.37. The van der Waals surface area contributed by atoms with E-state index in [4.69, 9.17) is 5.84 Å². The van der Waals surface area contributed by atoms with Gasteiger partial charge in [-0.1, -0.05) is 5.16 Å². The molecule has 0 saturated heterocycles. The molecule has 84 valence electrons. The van der Waals surface area contributed by atoms with Gasteiger partial charge in [0.25, 0.3) is 0 Å². The van der Waals surface area contributed by atoms with Crippen LogP contribution >= 0.6 is 0 Å². The minimum absolute atomic E-state index is 0.365. The molecule has 8 heteroatoms. The Kier molecular flexibility index (Phi) is 3.24.